The standard InChI is InChI=1S/C22H21N5O2/c1-29-17-6-4-5-16(13-17)26-21(28)20-10-12-24-22(27-20)23-11-9-15-14-25-19-8-3-2-7-18(15)19/h2-8,10,12-14,25H,9,11H2,1H3,(H,26,28)(H,23,24,27). The fraction of sp³-hybridized carbons (Fsp3) is 0.136. The largest absolute Gasteiger partial charge is 0.497 e. The third kappa shape index (κ3) is 4.35. The molecule has 0 aliphatic carbocycles. The topological polar surface area (TPSA) is 91.9 Å². The predicted molar refractivity (Wildman–Crippen MR) is 113 cm³/mol. The first-order valence-corrected chi connectivity index (χ1v) is 9.30. The van der Waals surface area contributed by atoms with Crippen molar-refractivity contribution in [2.24, 2.45) is 0 Å². The zero-order valence-electron chi connectivity index (χ0n) is 16.0. The molecule has 0 bridgehead atoms. The number of carbonyl (C=O) groups is 1. The number of H-pyrrole nitrogens is 1. The van der Waals surface area contributed by atoms with E-state index in [9.17, 15) is 4.79 Å². The number of nitrogens with one attached hydrogen (secondary N) is 3. The van der Waals surface area contributed by atoms with E-state index in [0.29, 0.717) is 23.9 Å². The zero-order chi connectivity index (χ0) is 20.1. The van der Waals surface area contributed by atoms with Crippen LogP contribution in [0.1, 0.15) is 16.1 Å². The van der Waals surface area contributed by atoms with Gasteiger partial charge in [-0.1, -0.05) is 24.3 Å². The Morgan fingerprint density at radius 3 is 2.93 bits per heavy atom. The summed E-state index contributed by atoms with van der Waals surface area (Å²) in [6, 6.07) is 16.9. The summed E-state index contributed by atoms with van der Waals surface area (Å²) in [5.41, 5.74) is 3.27. The first kappa shape index (κ1) is 18.5. The number of hydrogen-bond acceptors (Lipinski definition) is 5. The molecule has 146 valence electrons. The summed E-state index contributed by atoms with van der Waals surface area (Å²) in [5.74, 6) is 0.786. The van der Waals surface area contributed by atoms with Crippen LogP contribution in [0.4, 0.5) is 11.6 Å². The molecule has 0 radical (unpaired) electrons. The van der Waals surface area contributed by atoms with Crippen molar-refractivity contribution in [1.82, 2.24) is 15.0 Å². The molecule has 1 amide bonds. The molecular formula is C22H21N5O2. The molecule has 4 aromatic rings. The summed E-state index contributed by atoms with van der Waals surface area (Å²) in [6.07, 6.45) is 4.40. The quantitative estimate of drug-likeness (QED) is 0.448. The van der Waals surface area contributed by atoms with Gasteiger partial charge < -0.3 is 20.4 Å². The molecule has 0 unspecified atom stereocenters. The molecule has 0 atom stereocenters. The molecule has 0 aliphatic heterocycles. The highest BCUT2D eigenvalue weighted by atomic mass is 16.5. The van der Waals surface area contributed by atoms with Crippen LogP contribution in [0, 0.1) is 0 Å². The highest BCUT2D eigenvalue weighted by Crippen LogP contribution is 2.19. The van der Waals surface area contributed by atoms with Gasteiger partial charge in [-0.2, -0.15) is 0 Å². The van der Waals surface area contributed by atoms with E-state index in [1.54, 1.807) is 31.5 Å². The van der Waals surface area contributed by atoms with E-state index >= 15 is 0 Å². The molecule has 0 saturated heterocycles. The number of amides is 1. The summed E-state index contributed by atoms with van der Waals surface area (Å²) in [4.78, 5) is 24.3. The summed E-state index contributed by atoms with van der Waals surface area (Å²) < 4.78 is 5.17. The van der Waals surface area contributed by atoms with Crippen LogP contribution in [-0.2, 0) is 6.42 Å². The lowest BCUT2D eigenvalue weighted by atomic mass is 10.1. The third-order valence-electron chi connectivity index (χ3n) is 4.57. The maximum atomic E-state index is 12.5. The van der Waals surface area contributed by atoms with E-state index in [1.165, 1.54) is 10.9 Å². The van der Waals surface area contributed by atoms with Gasteiger partial charge in [0.05, 0.1) is 7.11 Å². The van der Waals surface area contributed by atoms with Crippen LogP contribution < -0.4 is 15.4 Å². The van der Waals surface area contributed by atoms with E-state index in [4.69, 9.17) is 4.74 Å². The van der Waals surface area contributed by atoms with E-state index in [1.807, 2.05) is 30.5 Å². The van der Waals surface area contributed by atoms with E-state index in [2.05, 4.69) is 37.7 Å². The highest BCUT2D eigenvalue weighted by Gasteiger charge is 2.10. The molecule has 7 nitrogen and oxygen atoms in total. The number of fused-ring (bicyclic) bond motifs is 1. The Hall–Kier alpha value is -3.87. The second kappa shape index (κ2) is 8.43. The Labute approximate surface area is 168 Å². The Kier molecular flexibility index (Phi) is 5.38. The lowest BCUT2D eigenvalue weighted by Gasteiger charge is -2.08. The fourth-order valence-corrected chi connectivity index (χ4v) is 3.11. The molecule has 0 spiro atoms. The molecule has 0 saturated carbocycles. The maximum absolute atomic E-state index is 12.5. The Morgan fingerprint density at radius 1 is 1.14 bits per heavy atom. The summed E-state index contributed by atoms with van der Waals surface area (Å²) >= 11 is 0. The molecule has 7 heteroatoms. The normalized spacial score (nSPS) is 10.7. The predicted octanol–water partition coefficient (Wildman–Crippen LogP) is 3.87. The number of hydrogen-bond donors (Lipinski definition) is 3. The molecular weight excluding hydrogens is 366 g/mol. The van der Waals surface area contributed by atoms with Crippen LogP contribution in [0.5, 0.6) is 5.75 Å². The second-order valence-corrected chi connectivity index (χ2v) is 6.49. The number of benzene rings is 2. The average molecular weight is 387 g/mol. The van der Waals surface area contributed by atoms with E-state index in [0.717, 1.165) is 11.9 Å². The molecule has 4 rings (SSSR count). The van der Waals surface area contributed by atoms with Crippen LogP contribution >= 0.6 is 0 Å². The Morgan fingerprint density at radius 2 is 2.03 bits per heavy atom. The van der Waals surface area contributed by atoms with Crippen molar-refractivity contribution in [3.05, 3.63) is 78.2 Å². The zero-order valence-corrected chi connectivity index (χ0v) is 16.0. The van der Waals surface area contributed by atoms with Gasteiger partial charge in [0, 0.05) is 41.6 Å². The summed E-state index contributed by atoms with van der Waals surface area (Å²) in [7, 11) is 1.58. The van der Waals surface area contributed by atoms with Crippen LogP contribution in [-0.4, -0.2) is 34.5 Å². The number of rotatable bonds is 7. The van der Waals surface area contributed by atoms with Crippen molar-refractivity contribution in [2.45, 2.75) is 6.42 Å². The molecule has 0 aliphatic rings. The smallest absolute Gasteiger partial charge is 0.274 e. The van der Waals surface area contributed by atoms with Crippen molar-refractivity contribution in [3.8, 4) is 5.75 Å². The first-order valence-electron chi connectivity index (χ1n) is 9.30. The minimum Gasteiger partial charge on any atom is -0.497 e. The minimum atomic E-state index is -0.305. The molecule has 2 aromatic heterocycles. The molecule has 0 fully saturated rings. The lowest BCUT2D eigenvalue weighted by Crippen LogP contribution is -2.16. The van der Waals surface area contributed by atoms with Crippen molar-refractivity contribution in [1.29, 1.82) is 0 Å². The van der Waals surface area contributed by atoms with Gasteiger partial charge in [0.2, 0.25) is 5.95 Å². The van der Waals surface area contributed by atoms with Crippen molar-refractivity contribution >= 4 is 28.4 Å². The monoisotopic (exact) mass is 387 g/mol. The van der Waals surface area contributed by atoms with Gasteiger partial charge in [-0.3, -0.25) is 4.79 Å². The molecule has 2 aromatic carbocycles. The lowest BCUT2D eigenvalue weighted by molar-refractivity contribution is 0.102. The van der Waals surface area contributed by atoms with Crippen molar-refractivity contribution < 1.29 is 9.53 Å². The van der Waals surface area contributed by atoms with Gasteiger partial charge in [0.25, 0.3) is 5.91 Å². The minimum absolute atomic E-state index is 0.289. The van der Waals surface area contributed by atoms with Gasteiger partial charge in [-0.25, -0.2) is 9.97 Å². The Balaban J connectivity index is 1.38. The SMILES string of the molecule is COc1cccc(NC(=O)c2ccnc(NCCc3c[nH]c4ccccc34)n2)c1. The van der Waals surface area contributed by atoms with E-state index < -0.39 is 0 Å². The van der Waals surface area contributed by atoms with Crippen LogP contribution in [0.3, 0.4) is 0 Å². The van der Waals surface area contributed by atoms with Gasteiger partial charge in [-0.15, -0.1) is 0 Å². The Bertz CT molecular complexity index is 1140. The maximum Gasteiger partial charge on any atom is 0.274 e. The number of aromatic nitrogens is 3. The van der Waals surface area contributed by atoms with Crippen LogP contribution in [0.25, 0.3) is 10.9 Å². The van der Waals surface area contributed by atoms with Crippen molar-refractivity contribution in [3.63, 3.8) is 0 Å². The van der Waals surface area contributed by atoms with Crippen molar-refractivity contribution in [2.75, 3.05) is 24.3 Å². The molecule has 29 heavy (non-hydrogen) atoms. The van der Waals surface area contributed by atoms with Crippen LogP contribution in [0.15, 0.2) is 67.0 Å². The average Bonchev–Trinajstić information content (AvgIpc) is 3.17. The number of aromatic amines is 1. The van der Waals surface area contributed by atoms with Gasteiger partial charge in [0.1, 0.15) is 11.4 Å². The number of carbonyl (C=O) groups excluding carboxylic acids is 1. The highest BCUT2D eigenvalue weighted by molar-refractivity contribution is 6.03. The number of methoxy groups -OCH3 is 1. The molecule has 3 N–H and O–H groups in total. The van der Waals surface area contributed by atoms with Gasteiger partial charge in [-0.05, 0) is 36.2 Å². The number of anilines is 2. The van der Waals surface area contributed by atoms with Gasteiger partial charge >= 0.3 is 0 Å². The number of para-hydroxylation sites is 1. The summed E-state index contributed by atoms with van der Waals surface area (Å²) in [5, 5.41) is 7.22. The summed E-state index contributed by atoms with van der Waals surface area (Å²) in [6.45, 7) is 0.656. The third-order valence-corrected chi connectivity index (χ3v) is 4.57. The van der Waals surface area contributed by atoms with E-state index in [-0.39, 0.29) is 11.6 Å². The first-order chi connectivity index (χ1) is 14.2. The second-order valence-electron chi connectivity index (χ2n) is 6.49. The molecule has 2 heterocycles. The van der Waals surface area contributed by atoms with Crippen LogP contribution in [0.2, 0.25) is 0 Å². The fourth-order valence-electron chi connectivity index (χ4n) is 3.11. The number of nitrogens with zero attached hydrogens (tertiary/aromatic N) is 2. The van der Waals surface area contributed by atoms with Gasteiger partial charge in [0.15, 0.2) is 0 Å². The number of ether oxygens (including phenoxy) is 1.